The Bertz CT molecular complexity index is 354. The number of hydrogen-bond donors (Lipinski definition) is 0. The second kappa shape index (κ2) is 4.64. The minimum atomic E-state index is -0.368. The van der Waals surface area contributed by atoms with Crippen LogP contribution in [-0.2, 0) is 11.2 Å². The summed E-state index contributed by atoms with van der Waals surface area (Å²) < 4.78 is 0. The summed E-state index contributed by atoms with van der Waals surface area (Å²) in [6.45, 7) is 0. The van der Waals surface area contributed by atoms with Crippen LogP contribution in [0, 0.1) is 11.3 Å². The fraction of sp³-hybridized carbons (Fsp3) is 0.200. The van der Waals surface area contributed by atoms with Gasteiger partial charge in [0.15, 0.2) is 0 Å². The van der Waals surface area contributed by atoms with Gasteiger partial charge in [-0.15, -0.1) is 0 Å². The highest BCUT2D eigenvalue weighted by molar-refractivity contribution is 6.63. The van der Waals surface area contributed by atoms with Crippen molar-refractivity contribution >= 4 is 16.8 Å². The Labute approximate surface area is 81.7 Å². The number of carbonyl (C=O) groups excluding carboxylic acids is 1. The van der Waals surface area contributed by atoms with Crippen LogP contribution >= 0.6 is 11.6 Å². The molecule has 3 heteroatoms. The van der Waals surface area contributed by atoms with Gasteiger partial charge >= 0.3 is 0 Å². The van der Waals surface area contributed by atoms with Crippen LogP contribution in [0.2, 0.25) is 0 Å². The predicted octanol–water partition coefficient (Wildman–Crippen LogP) is 2.26. The zero-order valence-electron chi connectivity index (χ0n) is 6.96. The van der Waals surface area contributed by atoms with E-state index in [-0.39, 0.29) is 11.7 Å². The van der Waals surface area contributed by atoms with Crippen LogP contribution in [0.3, 0.4) is 0 Å². The Morgan fingerprint density at radius 2 is 2.15 bits per heavy atom. The molecule has 0 amide bonds. The zero-order valence-corrected chi connectivity index (χ0v) is 7.71. The summed E-state index contributed by atoms with van der Waals surface area (Å²) in [5.74, 6) is 0. The third-order valence-electron chi connectivity index (χ3n) is 1.73. The Hall–Kier alpha value is -1.33. The van der Waals surface area contributed by atoms with Crippen molar-refractivity contribution in [3.8, 4) is 6.07 Å². The van der Waals surface area contributed by atoms with Crippen LogP contribution in [0.25, 0.3) is 0 Å². The van der Waals surface area contributed by atoms with Gasteiger partial charge in [-0.25, -0.2) is 0 Å². The summed E-state index contributed by atoms with van der Waals surface area (Å²) in [6.07, 6.45) is 0.812. The van der Waals surface area contributed by atoms with Crippen molar-refractivity contribution in [2.45, 2.75) is 12.8 Å². The number of halogens is 1. The number of carbonyl (C=O) groups is 1. The van der Waals surface area contributed by atoms with E-state index in [0.29, 0.717) is 12.0 Å². The third-order valence-corrected chi connectivity index (χ3v) is 1.92. The molecule has 0 atom stereocenters. The van der Waals surface area contributed by atoms with Gasteiger partial charge in [0.25, 0.3) is 0 Å². The summed E-state index contributed by atoms with van der Waals surface area (Å²) in [5, 5.41) is 8.35. The second-order valence-corrected chi connectivity index (χ2v) is 3.05. The number of hydrogen-bond acceptors (Lipinski definition) is 2. The summed E-state index contributed by atoms with van der Waals surface area (Å²) in [7, 11) is 0. The van der Waals surface area contributed by atoms with Gasteiger partial charge in [0.05, 0.1) is 11.6 Å². The van der Waals surface area contributed by atoms with E-state index in [2.05, 4.69) is 6.07 Å². The Morgan fingerprint density at radius 3 is 2.77 bits per heavy atom. The SMILES string of the molecule is N#Cc1ccccc1CCC(=O)Cl. The van der Waals surface area contributed by atoms with E-state index in [9.17, 15) is 4.79 Å². The minimum Gasteiger partial charge on any atom is -0.281 e. The molecule has 0 saturated carbocycles. The van der Waals surface area contributed by atoms with Crippen molar-refractivity contribution in [3.63, 3.8) is 0 Å². The van der Waals surface area contributed by atoms with Crippen LogP contribution in [0.5, 0.6) is 0 Å². The molecule has 66 valence electrons. The molecule has 0 aromatic heterocycles. The molecule has 1 aromatic carbocycles. The molecule has 1 rings (SSSR count). The second-order valence-electron chi connectivity index (χ2n) is 2.62. The molecule has 1 aromatic rings. The number of rotatable bonds is 3. The molecular weight excluding hydrogens is 186 g/mol. The molecule has 0 saturated heterocycles. The minimum absolute atomic E-state index is 0.278. The van der Waals surface area contributed by atoms with Crippen LogP contribution in [0.4, 0.5) is 0 Å². The number of benzene rings is 1. The molecule has 0 aliphatic carbocycles. The average Bonchev–Trinajstić information content (AvgIpc) is 2.15. The van der Waals surface area contributed by atoms with Crippen molar-refractivity contribution < 1.29 is 4.79 Å². The van der Waals surface area contributed by atoms with Crippen molar-refractivity contribution in [2.24, 2.45) is 0 Å². The maximum Gasteiger partial charge on any atom is 0.221 e. The Kier molecular flexibility index (Phi) is 3.48. The first kappa shape index (κ1) is 9.76. The first-order valence-corrected chi connectivity index (χ1v) is 4.28. The van der Waals surface area contributed by atoms with Crippen molar-refractivity contribution in [1.82, 2.24) is 0 Å². The van der Waals surface area contributed by atoms with Crippen LogP contribution < -0.4 is 0 Å². The van der Waals surface area contributed by atoms with Gasteiger partial charge in [-0.1, -0.05) is 18.2 Å². The highest BCUT2D eigenvalue weighted by Gasteiger charge is 2.02. The van der Waals surface area contributed by atoms with E-state index in [1.54, 1.807) is 12.1 Å². The van der Waals surface area contributed by atoms with Crippen LogP contribution in [0.15, 0.2) is 24.3 Å². The van der Waals surface area contributed by atoms with Gasteiger partial charge < -0.3 is 0 Å². The lowest BCUT2D eigenvalue weighted by atomic mass is 10.0. The number of nitrogens with zero attached hydrogens (tertiary/aromatic N) is 1. The maximum absolute atomic E-state index is 10.5. The van der Waals surface area contributed by atoms with Gasteiger partial charge in [0, 0.05) is 6.42 Å². The van der Waals surface area contributed by atoms with E-state index >= 15 is 0 Å². The van der Waals surface area contributed by atoms with Crippen LogP contribution in [0.1, 0.15) is 17.5 Å². The number of nitriles is 1. The Morgan fingerprint density at radius 1 is 1.46 bits per heavy atom. The van der Waals surface area contributed by atoms with Gasteiger partial charge in [0.1, 0.15) is 0 Å². The molecule has 0 bridgehead atoms. The van der Waals surface area contributed by atoms with E-state index in [0.717, 1.165) is 5.56 Å². The first-order chi connectivity index (χ1) is 6.24. The van der Waals surface area contributed by atoms with Crippen molar-refractivity contribution in [2.75, 3.05) is 0 Å². The molecule has 0 heterocycles. The smallest absolute Gasteiger partial charge is 0.221 e. The van der Waals surface area contributed by atoms with E-state index in [1.807, 2.05) is 12.1 Å². The standard InChI is InChI=1S/C10H8ClNO/c11-10(13)6-5-8-3-1-2-4-9(8)7-12/h1-4H,5-6H2. The van der Waals surface area contributed by atoms with Crippen LogP contribution in [-0.4, -0.2) is 5.24 Å². The maximum atomic E-state index is 10.5. The Balaban J connectivity index is 2.77. The van der Waals surface area contributed by atoms with E-state index in [1.165, 1.54) is 0 Å². The average molecular weight is 194 g/mol. The molecule has 0 unspecified atom stereocenters. The lowest BCUT2D eigenvalue weighted by molar-refractivity contribution is -0.111. The molecule has 0 fully saturated rings. The quantitative estimate of drug-likeness (QED) is 0.691. The fourth-order valence-electron chi connectivity index (χ4n) is 1.08. The fourth-order valence-corrected chi connectivity index (χ4v) is 1.17. The van der Waals surface area contributed by atoms with E-state index < -0.39 is 0 Å². The monoisotopic (exact) mass is 193 g/mol. The van der Waals surface area contributed by atoms with Gasteiger partial charge in [-0.2, -0.15) is 5.26 Å². The van der Waals surface area contributed by atoms with Gasteiger partial charge in [0.2, 0.25) is 5.24 Å². The summed E-state index contributed by atoms with van der Waals surface area (Å²) in [5.41, 5.74) is 1.49. The van der Waals surface area contributed by atoms with Crippen molar-refractivity contribution in [1.29, 1.82) is 5.26 Å². The normalized spacial score (nSPS) is 9.23. The van der Waals surface area contributed by atoms with Gasteiger partial charge in [-0.3, -0.25) is 4.79 Å². The molecule has 0 N–H and O–H groups in total. The molecule has 2 nitrogen and oxygen atoms in total. The molecule has 0 spiro atoms. The predicted molar refractivity (Wildman–Crippen MR) is 50.3 cm³/mol. The lowest BCUT2D eigenvalue weighted by Crippen LogP contribution is -1.94. The molecule has 0 aliphatic rings. The molecular formula is C10H8ClNO. The highest BCUT2D eigenvalue weighted by Crippen LogP contribution is 2.10. The molecule has 0 aliphatic heterocycles. The van der Waals surface area contributed by atoms with Crippen molar-refractivity contribution in [3.05, 3.63) is 35.4 Å². The lowest BCUT2D eigenvalue weighted by Gasteiger charge is -1.99. The zero-order chi connectivity index (χ0) is 9.68. The summed E-state index contributed by atoms with van der Waals surface area (Å²) >= 11 is 5.20. The largest absolute Gasteiger partial charge is 0.281 e. The first-order valence-electron chi connectivity index (χ1n) is 3.90. The molecule has 0 radical (unpaired) electrons. The topological polar surface area (TPSA) is 40.9 Å². The summed E-state index contributed by atoms with van der Waals surface area (Å²) in [4.78, 5) is 10.5. The van der Waals surface area contributed by atoms with Gasteiger partial charge in [-0.05, 0) is 29.7 Å². The third kappa shape index (κ3) is 2.89. The molecule has 13 heavy (non-hydrogen) atoms. The number of aryl methyl sites for hydroxylation is 1. The summed E-state index contributed by atoms with van der Waals surface area (Å²) in [6, 6.07) is 9.27. The highest BCUT2D eigenvalue weighted by atomic mass is 35.5. The van der Waals surface area contributed by atoms with E-state index in [4.69, 9.17) is 16.9 Å².